The lowest BCUT2D eigenvalue weighted by molar-refractivity contribution is -0.139. The van der Waals surface area contributed by atoms with Crippen molar-refractivity contribution >= 4 is 17.6 Å². The molecule has 0 radical (unpaired) electrons. The molecule has 7 nitrogen and oxygen atoms in total. The van der Waals surface area contributed by atoms with Crippen molar-refractivity contribution in [2.24, 2.45) is 5.92 Å². The number of nitrogens with one attached hydrogen (secondary N) is 3. The van der Waals surface area contributed by atoms with Gasteiger partial charge in [0.2, 0.25) is 11.8 Å². The summed E-state index contributed by atoms with van der Waals surface area (Å²) in [7, 11) is 1.75. The van der Waals surface area contributed by atoms with Gasteiger partial charge in [0.1, 0.15) is 17.7 Å². The molecule has 8 heteroatoms. The van der Waals surface area contributed by atoms with Crippen LogP contribution in [0.2, 0.25) is 0 Å². The zero-order valence-corrected chi connectivity index (χ0v) is 21.3. The number of likely N-dealkylation sites (N-methyl/N-ethyl adjacent to an activating group) is 1. The van der Waals surface area contributed by atoms with Gasteiger partial charge in [-0.1, -0.05) is 31.4 Å². The molecule has 2 fully saturated rings. The Balaban J connectivity index is 1.48. The monoisotopic (exact) mass is 495 g/mol. The Morgan fingerprint density at radius 1 is 1.08 bits per heavy atom. The average Bonchev–Trinajstić information content (AvgIpc) is 3.41. The molecule has 4 rings (SSSR count). The fraction of sp³-hybridized carbons (Fsp3) is 0.536. The van der Waals surface area contributed by atoms with Gasteiger partial charge in [0, 0.05) is 19.3 Å². The van der Waals surface area contributed by atoms with Crippen LogP contribution < -0.4 is 16.0 Å². The van der Waals surface area contributed by atoms with Gasteiger partial charge in [0.25, 0.3) is 0 Å². The van der Waals surface area contributed by atoms with Gasteiger partial charge in [0.05, 0.1) is 12.1 Å². The predicted molar refractivity (Wildman–Crippen MR) is 139 cm³/mol. The third-order valence-corrected chi connectivity index (χ3v) is 7.60. The molecule has 36 heavy (non-hydrogen) atoms. The van der Waals surface area contributed by atoms with E-state index < -0.39 is 6.04 Å². The van der Waals surface area contributed by atoms with Crippen LogP contribution in [0.25, 0.3) is 0 Å². The van der Waals surface area contributed by atoms with Gasteiger partial charge in [-0.3, -0.25) is 9.59 Å². The second-order valence-corrected chi connectivity index (χ2v) is 10.0. The van der Waals surface area contributed by atoms with Crippen LogP contribution in [0.4, 0.5) is 10.2 Å². The number of carbonyl (C=O) groups excluding carboxylic acids is 2. The number of rotatable bonds is 9. The first-order chi connectivity index (χ1) is 17.5. The molecular formula is C28H38FN5O2. The summed E-state index contributed by atoms with van der Waals surface area (Å²) in [5.41, 5.74) is 2.00. The highest BCUT2D eigenvalue weighted by molar-refractivity contribution is 5.90. The highest BCUT2D eigenvalue weighted by Crippen LogP contribution is 2.35. The molecule has 1 aromatic carbocycles. The third kappa shape index (κ3) is 6.40. The van der Waals surface area contributed by atoms with E-state index in [1.165, 1.54) is 18.6 Å². The largest absolute Gasteiger partial charge is 0.366 e. The summed E-state index contributed by atoms with van der Waals surface area (Å²) < 4.78 is 13.2. The topological polar surface area (TPSA) is 86.4 Å². The quantitative estimate of drug-likeness (QED) is 0.486. The molecular weight excluding hydrogens is 457 g/mol. The number of hydrogen-bond donors (Lipinski definition) is 3. The maximum Gasteiger partial charge on any atom is 0.245 e. The maximum atomic E-state index is 13.9. The molecule has 2 heterocycles. The average molecular weight is 496 g/mol. The molecule has 194 valence electrons. The van der Waals surface area contributed by atoms with E-state index in [1.807, 2.05) is 24.0 Å². The molecule has 3 atom stereocenters. The summed E-state index contributed by atoms with van der Waals surface area (Å²) in [6, 6.07) is 9.46. The Kier molecular flexibility index (Phi) is 8.91. The molecule has 2 amide bonds. The van der Waals surface area contributed by atoms with Crippen molar-refractivity contribution in [1.82, 2.24) is 20.5 Å². The minimum atomic E-state index is -0.493. The fourth-order valence-corrected chi connectivity index (χ4v) is 5.36. The first-order valence-electron chi connectivity index (χ1n) is 13.2. The number of carbonyl (C=O) groups is 2. The Bertz CT molecular complexity index is 1020. The van der Waals surface area contributed by atoms with Crippen molar-refractivity contribution in [1.29, 1.82) is 0 Å². The summed E-state index contributed by atoms with van der Waals surface area (Å²) in [6.45, 7) is 3.03. The van der Waals surface area contributed by atoms with E-state index in [0.29, 0.717) is 13.1 Å². The van der Waals surface area contributed by atoms with E-state index in [0.717, 1.165) is 55.5 Å². The van der Waals surface area contributed by atoms with Crippen LogP contribution >= 0.6 is 0 Å². The lowest BCUT2D eigenvalue weighted by Gasteiger charge is -2.35. The van der Waals surface area contributed by atoms with Crippen molar-refractivity contribution in [2.45, 2.75) is 76.5 Å². The summed E-state index contributed by atoms with van der Waals surface area (Å²) in [6.07, 6.45) is 8.89. The highest BCUT2D eigenvalue weighted by Gasteiger charge is 2.39. The van der Waals surface area contributed by atoms with Gasteiger partial charge in [0.15, 0.2) is 0 Å². The number of halogens is 1. The van der Waals surface area contributed by atoms with Crippen molar-refractivity contribution in [3.63, 3.8) is 0 Å². The number of pyridine rings is 1. The number of likely N-dealkylation sites (tertiary alicyclic amines) is 1. The number of nitrogens with zero attached hydrogens (tertiary/aromatic N) is 2. The number of benzene rings is 1. The molecule has 1 aromatic heterocycles. The van der Waals surface area contributed by atoms with Crippen molar-refractivity contribution < 1.29 is 14.0 Å². The van der Waals surface area contributed by atoms with Crippen molar-refractivity contribution in [3.05, 3.63) is 59.5 Å². The molecule has 0 spiro atoms. The second-order valence-electron chi connectivity index (χ2n) is 10.0. The molecule has 0 bridgehead atoms. The van der Waals surface area contributed by atoms with Crippen LogP contribution in [0.15, 0.2) is 42.6 Å². The molecule has 2 aliphatic rings. The molecule has 2 aromatic rings. The Morgan fingerprint density at radius 2 is 1.83 bits per heavy atom. The van der Waals surface area contributed by atoms with E-state index in [4.69, 9.17) is 0 Å². The molecule has 3 N–H and O–H groups in total. The van der Waals surface area contributed by atoms with E-state index in [1.54, 1.807) is 25.4 Å². The van der Waals surface area contributed by atoms with Gasteiger partial charge in [-0.15, -0.1) is 0 Å². The number of amides is 2. The fourth-order valence-electron chi connectivity index (χ4n) is 5.36. The molecule has 3 unspecified atom stereocenters. The maximum absolute atomic E-state index is 13.9. The predicted octanol–water partition coefficient (Wildman–Crippen LogP) is 4.17. The van der Waals surface area contributed by atoms with Gasteiger partial charge in [-0.25, -0.2) is 9.37 Å². The Hall–Kier alpha value is -3.00. The van der Waals surface area contributed by atoms with Gasteiger partial charge >= 0.3 is 0 Å². The molecule has 1 aliphatic heterocycles. The van der Waals surface area contributed by atoms with Gasteiger partial charge in [-0.2, -0.15) is 0 Å². The number of hydrogen-bond acceptors (Lipinski definition) is 5. The first-order valence-corrected chi connectivity index (χ1v) is 13.2. The minimum Gasteiger partial charge on any atom is -0.366 e. The lowest BCUT2D eigenvalue weighted by Crippen LogP contribution is -2.55. The summed E-state index contributed by atoms with van der Waals surface area (Å²) in [5.74, 6) is 0.530. The Morgan fingerprint density at radius 3 is 2.56 bits per heavy atom. The van der Waals surface area contributed by atoms with Crippen molar-refractivity contribution in [2.75, 3.05) is 18.9 Å². The normalized spacial score (nSPS) is 20.1. The highest BCUT2D eigenvalue weighted by atomic mass is 19.1. The van der Waals surface area contributed by atoms with Crippen LogP contribution in [-0.2, 0) is 16.1 Å². The van der Waals surface area contributed by atoms with Crippen LogP contribution in [0.5, 0.6) is 0 Å². The SMILES string of the molecule is CNC(C)C(=O)NC(C(=O)N1CCCC1c1ccnc(NCc2ccc(F)cc2)c1)C1CCCCC1. The van der Waals surface area contributed by atoms with Crippen LogP contribution in [0.3, 0.4) is 0 Å². The zero-order chi connectivity index (χ0) is 25.5. The summed E-state index contributed by atoms with van der Waals surface area (Å²) in [4.78, 5) is 33.1. The lowest BCUT2D eigenvalue weighted by atomic mass is 9.83. The van der Waals surface area contributed by atoms with E-state index in [-0.39, 0.29) is 35.6 Å². The summed E-state index contributed by atoms with van der Waals surface area (Å²) in [5, 5.41) is 9.38. The first kappa shape index (κ1) is 26.1. The standard InChI is InChI=1S/C28H38FN5O2/c1-19(30-2)27(35)33-26(21-7-4-3-5-8-21)28(36)34-16-6-9-24(34)22-14-15-31-25(17-22)32-18-20-10-12-23(29)13-11-20/h10-15,17,19,21,24,26,30H,3-9,16,18H2,1-2H3,(H,31,32)(H,33,35). The second kappa shape index (κ2) is 12.3. The molecule has 1 aliphatic carbocycles. The van der Waals surface area contributed by atoms with E-state index in [2.05, 4.69) is 20.9 Å². The van der Waals surface area contributed by atoms with E-state index >= 15 is 0 Å². The van der Waals surface area contributed by atoms with Crippen molar-refractivity contribution in [3.8, 4) is 0 Å². The van der Waals surface area contributed by atoms with Gasteiger partial charge in [-0.05, 0) is 81.0 Å². The van der Waals surface area contributed by atoms with Crippen LogP contribution in [0, 0.1) is 11.7 Å². The third-order valence-electron chi connectivity index (χ3n) is 7.60. The van der Waals surface area contributed by atoms with Crippen LogP contribution in [0.1, 0.15) is 69.0 Å². The molecule has 1 saturated heterocycles. The zero-order valence-electron chi connectivity index (χ0n) is 21.3. The summed E-state index contributed by atoms with van der Waals surface area (Å²) >= 11 is 0. The smallest absolute Gasteiger partial charge is 0.245 e. The number of aromatic nitrogens is 1. The molecule has 1 saturated carbocycles. The van der Waals surface area contributed by atoms with E-state index in [9.17, 15) is 14.0 Å². The van der Waals surface area contributed by atoms with Crippen LogP contribution in [-0.4, -0.2) is 47.4 Å². The number of anilines is 1. The Labute approximate surface area is 213 Å². The van der Waals surface area contributed by atoms with Gasteiger partial charge < -0.3 is 20.9 Å². The minimum absolute atomic E-state index is 0.0266.